The zero-order valence-corrected chi connectivity index (χ0v) is 16.0. The Hall–Kier alpha value is -3.34. The number of hydrogen-bond donors (Lipinski definition) is 2. The van der Waals surface area contributed by atoms with Gasteiger partial charge in [-0.2, -0.15) is 0 Å². The van der Waals surface area contributed by atoms with Gasteiger partial charge in [0.15, 0.2) is 0 Å². The monoisotopic (exact) mass is 376 g/mol. The summed E-state index contributed by atoms with van der Waals surface area (Å²) in [5, 5.41) is 10.9. The number of aromatic carboxylic acids is 1. The third-order valence-corrected chi connectivity index (χ3v) is 5.31. The van der Waals surface area contributed by atoms with Gasteiger partial charge < -0.3 is 14.7 Å². The first kappa shape index (κ1) is 18.0. The highest BCUT2D eigenvalue weighted by molar-refractivity contribution is 6.02. The van der Waals surface area contributed by atoms with Gasteiger partial charge in [-0.3, -0.25) is 0 Å². The first-order valence-corrected chi connectivity index (χ1v) is 9.21. The lowest BCUT2D eigenvalue weighted by molar-refractivity contribution is 0.0692. The van der Waals surface area contributed by atoms with Gasteiger partial charge in [0.25, 0.3) is 0 Å². The quantitative estimate of drug-likeness (QED) is 0.491. The second kappa shape index (κ2) is 6.68. The number of halogens is 1. The average molecular weight is 376 g/mol. The Morgan fingerprint density at radius 2 is 2.00 bits per heavy atom. The molecule has 0 bridgehead atoms. The van der Waals surface area contributed by atoms with E-state index >= 15 is 0 Å². The summed E-state index contributed by atoms with van der Waals surface area (Å²) in [5.74, 6) is -1.33. The van der Waals surface area contributed by atoms with Crippen molar-refractivity contribution >= 4 is 16.9 Å². The Bertz CT molecular complexity index is 1220. The molecule has 4 aromatic rings. The number of carbonyl (C=O) groups is 1. The summed E-state index contributed by atoms with van der Waals surface area (Å²) in [5.41, 5.74) is 5.70. The number of aromatic amines is 1. The highest BCUT2D eigenvalue weighted by Crippen LogP contribution is 2.39. The van der Waals surface area contributed by atoms with Crippen molar-refractivity contribution in [2.45, 2.75) is 20.3 Å². The van der Waals surface area contributed by atoms with Crippen molar-refractivity contribution in [3.05, 3.63) is 71.3 Å². The van der Waals surface area contributed by atoms with Gasteiger partial charge in [0.1, 0.15) is 11.5 Å². The molecule has 0 amide bonds. The minimum Gasteiger partial charge on any atom is -0.477 e. The standard InChI is InChI=1S/C23H21FN2O2/c1-4-15-20(14-8-9-18(24)13(2)12-14)22(23(27)28)25-21(15)17-6-5-7-19-16(17)10-11-26(19)3/h5-12,25H,4H2,1-3H3,(H,27,28). The van der Waals surface area contributed by atoms with Crippen molar-refractivity contribution in [3.63, 3.8) is 0 Å². The van der Waals surface area contributed by atoms with E-state index in [0.717, 1.165) is 27.7 Å². The number of hydrogen-bond acceptors (Lipinski definition) is 1. The number of aryl methyl sites for hydroxylation is 2. The van der Waals surface area contributed by atoms with E-state index in [1.54, 1.807) is 19.1 Å². The lowest BCUT2D eigenvalue weighted by Gasteiger charge is -2.09. The van der Waals surface area contributed by atoms with Crippen molar-refractivity contribution in [3.8, 4) is 22.4 Å². The van der Waals surface area contributed by atoms with Crippen LogP contribution in [0.2, 0.25) is 0 Å². The molecule has 2 heterocycles. The number of aromatic nitrogens is 2. The molecule has 2 aromatic carbocycles. The molecule has 2 aromatic heterocycles. The maximum absolute atomic E-state index is 13.8. The van der Waals surface area contributed by atoms with E-state index in [0.29, 0.717) is 23.1 Å². The van der Waals surface area contributed by atoms with E-state index in [4.69, 9.17) is 0 Å². The third kappa shape index (κ3) is 2.71. The Morgan fingerprint density at radius 3 is 2.68 bits per heavy atom. The van der Waals surface area contributed by atoms with E-state index in [1.807, 2.05) is 49.0 Å². The molecule has 0 unspecified atom stereocenters. The Morgan fingerprint density at radius 1 is 1.21 bits per heavy atom. The second-order valence-electron chi connectivity index (χ2n) is 7.02. The molecule has 0 aliphatic carbocycles. The van der Waals surface area contributed by atoms with Gasteiger partial charge in [0, 0.05) is 35.3 Å². The van der Waals surface area contributed by atoms with Gasteiger partial charge in [-0.05, 0) is 54.3 Å². The Labute approximate surface area is 162 Å². The number of nitrogens with zero attached hydrogens (tertiary/aromatic N) is 1. The number of H-pyrrole nitrogens is 1. The van der Waals surface area contributed by atoms with Crippen molar-refractivity contribution in [1.82, 2.24) is 9.55 Å². The maximum atomic E-state index is 13.8. The first-order valence-electron chi connectivity index (χ1n) is 9.21. The van der Waals surface area contributed by atoms with Crippen LogP contribution in [0.1, 0.15) is 28.5 Å². The molecule has 4 rings (SSSR count). The minimum absolute atomic E-state index is 0.130. The van der Waals surface area contributed by atoms with Crippen molar-refractivity contribution in [2.24, 2.45) is 7.05 Å². The average Bonchev–Trinajstić information content (AvgIpc) is 3.25. The predicted octanol–water partition coefficient (Wildman–Crippen LogP) is 5.55. The van der Waals surface area contributed by atoms with Crippen molar-refractivity contribution in [2.75, 3.05) is 0 Å². The molecule has 28 heavy (non-hydrogen) atoms. The summed E-state index contributed by atoms with van der Waals surface area (Å²) < 4.78 is 15.8. The highest BCUT2D eigenvalue weighted by Gasteiger charge is 2.24. The molecular formula is C23H21FN2O2. The van der Waals surface area contributed by atoms with Crippen LogP contribution in [0.25, 0.3) is 33.3 Å². The number of benzene rings is 2. The number of nitrogens with one attached hydrogen (secondary N) is 1. The summed E-state index contributed by atoms with van der Waals surface area (Å²) in [4.78, 5) is 15.2. The molecule has 0 fully saturated rings. The zero-order chi connectivity index (χ0) is 20.0. The summed E-state index contributed by atoms with van der Waals surface area (Å²) in [6, 6.07) is 12.8. The van der Waals surface area contributed by atoms with Crippen LogP contribution < -0.4 is 0 Å². The number of carboxylic acid groups (broad SMARTS) is 1. The van der Waals surface area contributed by atoms with E-state index in [9.17, 15) is 14.3 Å². The van der Waals surface area contributed by atoms with Gasteiger partial charge in [-0.15, -0.1) is 0 Å². The van der Waals surface area contributed by atoms with Gasteiger partial charge in [-0.25, -0.2) is 9.18 Å². The second-order valence-corrected chi connectivity index (χ2v) is 7.02. The summed E-state index contributed by atoms with van der Waals surface area (Å²) in [6.07, 6.45) is 2.64. The molecule has 0 aliphatic rings. The van der Waals surface area contributed by atoms with Crippen LogP contribution >= 0.6 is 0 Å². The van der Waals surface area contributed by atoms with Gasteiger partial charge in [0.05, 0.1) is 5.69 Å². The van der Waals surface area contributed by atoms with Crippen LogP contribution in [-0.4, -0.2) is 20.6 Å². The van der Waals surface area contributed by atoms with Crippen LogP contribution in [0, 0.1) is 12.7 Å². The summed E-state index contributed by atoms with van der Waals surface area (Å²) >= 11 is 0. The lowest BCUT2D eigenvalue weighted by atomic mass is 9.94. The summed E-state index contributed by atoms with van der Waals surface area (Å²) in [7, 11) is 1.98. The zero-order valence-electron chi connectivity index (χ0n) is 16.0. The fourth-order valence-electron chi connectivity index (χ4n) is 3.92. The number of carboxylic acids is 1. The fourth-order valence-corrected chi connectivity index (χ4v) is 3.92. The van der Waals surface area contributed by atoms with E-state index < -0.39 is 5.97 Å². The fraction of sp³-hybridized carbons (Fsp3) is 0.174. The Kier molecular flexibility index (Phi) is 4.30. The molecule has 0 saturated heterocycles. The molecule has 142 valence electrons. The maximum Gasteiger partial charge on any atom is 0.352 e. The SMILES string of the molecule is CCc1c(-c2cccc3c2ccn3C)[nH]c(C(=O)O)c1-c1ccc(F)c(C)c1. The molecule has 5 heteroatoms. The van der Waals surface area contributed by atoms with Crippen LogP contribution in [0.3, 0.4) is 0 Å². The number of rotatable bonds is 4. The first-order chi connectivity index (χ1) is 13.4. The van der Waals surface area contributed by atoms with Gasteiger partial charge in [-0.1, -0.05) is 25.1 Å². The van der Waals surface area contributed by atoms with Crippen molar-refractivity contribution in [1.29, 1.82) is 0 Å². The molecule has 0 atom stereocenters. The van der Waals surface area contributed by atoms with E-state index in [1.165, 1.54) is 6.07 Å². The van der Waals surface area contributed by atoms with E-state index in [-0.39, 0.29) is 11.5 Å². The van der Waals surface area contributed by atoms with E-state index in [2.05, 4.69) is 4.98 Å². The Balaban J connectivity index is 2.04. The molecule has 0 aliphatic heterocycles. The molecule has 0 saturated carbocycles. The molecule has 2 N–H and O–H groups in total. The molecule has 0 radical (unpaired) electrons. The topological polar surface area (TPSA) is 58.0 Å². The summed E-state index contributed by atoms with van der Waals surface area (Å²) in [6.45, 7) is 3.69. The predicted molar refractivity (Wildman–Crippen MR) is 109 cm³/mol. The van der Waals surface area contributed by atoms with Crippen LogP contribution in [0.15, 0.2) is 48.7 Å². The largest absolute Gasteiger partial charge is 0.477 e. The van der Waals surface area contributed by atoms with Crippen LogP contribution in [0.4, 0.5) is 4.39 Å². The van der Waals surface area contributed by atoms with Gasteiger partial charge >= 0.3 is 5.97 Å². The van der Waals surface area contributed by atoms with Crippen LogP contribution in [-0.2, 0) is 13.5 Å². The van der Waals surface area contributed by atoms with Crippen molar-refractivity contribution < 1.29 is 14.3 Å². The van der Waals surface area contributed by atoms with Gasteiger partial charge in [0.2, 0.25) is 0 Å². The highest BCUT2D eigenvalue weighted by atomic mass is 19.1. The molecule has 4 nitrogen and oxygen atoms in total. The minimum atomic E-state index is -1.03. The molecular weight excluding hydrogens is 355 g/mol. The lowest BCUT2D eigenvalue weighted by Crippen LogP contribution is -2.00. The number of fused-ring (bicyclic) bond motifs is 1. The molecule has 0 spiro atoms. The normalized spacial score (nSPS) is 11.3. The van der Waals surface area contributed by atoms with Crippen LogP contribution in [0.5, 0.6) is 0 Å². The third-order valence-electron chi connectivity index (χ3n) is 5.31. The smallest absolute Gasteiger partial charge is 0.352 e.